The second-order valence-electron chi connectivity index (χ2n) is 3.40. The van der Waals surface area contributed by atoms with Crippen LogP contribution < -0.4 is 4.74 Å². The number of aromatic nitrogens is 3. The molecular formula is C11H10F3N3O. The summed E-state index contributed by atoms with van der Waals surface area (Å²) in [6.07, 6.45) is -3.04. The van der Waals surface area contributed by atoms with Crippen LogP contribution in [0.1, 0.15) is 12.6 Å². The number of nitrogens with zero attached hydrogens (tertiary/aromatic N) is 3. The summed E-state index contributed by atoms with van der Waals surface area (Å²) < 4.78 is 43.9. The van der Waals surface area contributed by atoms with Gasteiger partial charge in [0.15, 0.2) is 11.5 Å². The molecule has 2 rings (SSSR count). The molecular weight excluding hydrogens is 247 g/mol. The molecule has 0 spiro atoms. The van der Waals surface area contributed by atoms with Crippen molar-refractivity contribution in [2.24, 2.45) is 0 Å². The normalized spacial score (nSPS) is 11.6. The van der Waals surface area contributed by atoms with Crippen molar-refractivity contribution in [2.75, 3.05) is 6.61 Å². The van der Waals surface area contributed by atoms with Crippen LogP contribution in [-0.2, 0) is 6.18 Å². The maximum Gasteiger partial charge on any atom is 0.435 e. The average molecular weight is 257 g/mol. The molecule has 2 aromatic rings. The predicted molar refractivity (Wildman–Crippen MR) is 57.5 cm³/mol. The topological polar surface area (TPSA) is 39.9 Å². The second kappa shape index (κ2) is 4.67. The minimum absolute atomic E-state index is 0.0172. The third-order valence-corrected chi connectivity index (χ3v) is 2.13. The Morgan fingerprint density at radius 3 is 2.67 bits per heavy atom. The van der Waals surface area contributed by atoms with E-state index in [1.807, 2.05) is 0 Å². The fourth-order valence-electron chi connectivity index (χ4n) is 1.40. The average Bonchev–Trinajstić information content (AvgIpc) is 2.75. The monoisotopic (exact) mass is 257 g/mol. The fourth-order valence-corrected chi connectivity index (χ4v) is 1.40. The first-order valence-electron chi connectivity index (χ1n) is 5.24. The maximum atomic E-state index is 12.6. The van der Waals surface area contributed by atoms with Crippen molar-refractivity contribution >= 4 is 0 Å². The van der Waals surface area contributed by atoms with Gasteiger partial charge in [-0.3, -0.25) is 0 Å². The van der Waals surface area contributed by atoms with Gasteiger partial charge in [0.25, 0.3) is 0 Å². The molecule has 0 atom stereocenters. The van der Waals surface area contributed by atoms with Gasteiger partial charge in [0.2, 0.25) is 5.88 Å². The van der Waals surface area contributed by atoms with Crippen molar-refractivity contribution in [1.29, 1.82) is 0 Å². The highest BCUT2D eigenvalue weighted by molar-refractivity contribution is 5.30. The Labute approximate surface area is 101 Å². The van der Waals surface area contributed by atoms with Gasteiger partial charge < -0.3 is 4.74 Å². The molecule has 0 fully saturated rings. The summed E-state index contributed by atoms with van der Waals surface area (Å²) in [5.74, 6) is 0.292. The molecule has 0 bridgehead atoms. The van der Waals surface area contributed by atoms with Crippen molar-refractivity contribution in [3.8, 4) is 11.7 Å². The Bertz CT molecular complexity index is 522. The van der Waals surface area contributed by atoms with E-state index in [9.17, 15) is 13.2 Å². The van der Waals surface area contributed by atoms with E-state index in [-0.39, 0.29) is 18.3 Å². The summed E-state index contributed by atoms with van der Waals surface area (Å²) in [7, 11) is 0. The third kappa shape index (κ3) is 2.44. The summed E-state index contributed by atoms with van der Waals surface area (Å²) >= 11 is 0. The van der Waals surface area contributed by atoms with Gasteiger partial charge in [-0.15, -0.1) is 0 Å². The van der Waals surface area contributed by atoms with E-state index in [2.05, 4.69) is 10.1 Å². The lowest BCUT2D eigenvalue weighted by atomic mass is 10.4. The molecule has 96 valence electrons. The first-order chi connectivity index (χ1) is 8.52. The highest BCUT2D eigenvalue weighted by atomic mass is 19.4. The van der Waals surface area contributed by atoms with Gasteiger partial charge in [-0.05, 0) is 19.1 Å². The van der Waals surface area contributed by atoms with Gasteiger partial charge in [-0.1, -0.05) is 6.07 Å². The van der Waals surface area contributed by atoms with Crippen molar-refractivity contribution in [1.82, 2.24) is 14.8 Å². The zero-order valence-electron chi connectivity index (χ0n) is 9.48. The zero-order valence-corrected chi connectivity index (χ0v) is 9.48. The molecule has 0 saturated carbocycles. The minimum atomic E-state index is -4.51. The van der Waals surface area contributed by atoms with Gasteiger partial charge in [-0.2, -0.15) is 23.0 Å². The van der Waals surface area contributed by atoms with Gasteiger partial charge in [0.05, 0.1) is 6.61 Å². The Balaban J connectivity index is 2.49. The molecule has 0 radical (unpaired) electrons. The number of ether oxygens (including phenoxy) is 1. The first kappa shape index (κ1) is 12.4. The maximum absolute atomic E-state index is 12.6. The molecule has 18 heavy (non-hydrogen) atoms. The predicted octanol–water partition coefficient (Wildman–Crippen LogP) is 2.68. The molecule has 0 unspecified atom stereocenters. The summed E-state index contributed by atoms with van der Waals surface area (Å²) in [4.78, 5) is 3.94. The highest BCUT2D eigenvalue weighted by Gasteiger charge is 2.35. The van der Waals surface area contributed by atoms with Crippen LogP contribution in [0.3, 0.4) is 0 Å². The molecule has 0 aliphatic heterocycles. The molecule has 2 heterocycles. The molecule has 0 saturated heterocycles. The lowest BCUT2D eigenvalue weighted by Gasteiger charge is -2.05. The smallest absolute Gasteiger partial charge is 0.435 e. The Hall–Kier alpha value is -2.05. The highest BCUT2D eigenvalue weighted by Crippen LogP contribution is 2.31. The standard InChI is InChI=1S/C11H10F3N3O/c1-2-18-10-7-8(11(12,13)14)16-17(10)9-5-3-4-6-15-9/h3-7H,2H2,1H3. The SMILES string of the molecule is CCOc1cc(C(F)(F)F)nn1-c1ccccn1. The number of pyridine rings is 1. The number of alkyl halides is 3. The summed E-state index contributed by atoms with van der Waals surface area (Å²) in [5, 5.41) is 3.47. The lowest BCUT2D eigenvalue weighted by molar-refractivity contribution is -0.141. The van der Waals surface area contributed by atoms with E-state index in [0.717, 1.165) is 10.7 Å². The summed E-state index contributed by atoms with van der Waals surface area (Å²) in [6, 6.07) is 5.73. The second-order valence-corrected chi connectivity index (χ2v) is 3.40. The zero-order chi connectivity index (χ0) is 13.2. The van der Waals surface area contributed by atoms with Crippen LogP contribution >= 0.6 is 0 Å². The molecule has 0 aromatic carbocycles. The third-order valence-electron chi connectivity index (χ3n) is 2.13. The molecule has 7 heteroatoms. The largest absolute Gasteiger partial charge is 0.478 e. The van der Waals surface area contributed by atoms with Crippen molar-refractivity contribution < 1.29 is 17.9 Å². The van der Waals surface area contributed by atoms with Crippen LogP contribution in [0.15, 0.2) is 30.5 Å². The fraction of sp³-hybridized carbons (Fsp3) is 0.273. The van der Waals surface area contributed by atoms with E-state index in [0.29, 0.717) is 0 Å². The van der Waals surface area contributed by atoms with Gasteiger partial charge in [0, 0.05) is 12.3 Å². The van der Waals surface area contributed by atoms with E-state index < -0.39 is 11.9 Å². The lowest BCUT2D eigenvalue weighted by Crippen LogP contribution is -2.08. The molecule has 0 aliphatic rings. The molecule has 4 nitrogen and oxygen atoms in total. The first-order valence-corrected chi connectivity index (χ1v) is 5.24. The van der Waals surface area contributed by atoms with Gasteiger partial charge in [-0.25, -0.2) is 4.98 Å². The van der Waals surface area contributed by atoms with Gasteiger partial charge in [0.1, 0.15) is 0 Å². The molecule has 2 aromatic heterocycles. The molecule has 0 aliphatic carbocycles. The minimum Gasteiger partial charge on any atom is -0.478 e. The van der Waals surface area contributed by atoms with E-state index in [1.165, 1.54) is 6.20 Å². The quantitative estimate of drug-likeness (QED) is 0.848. The molecule has 0 N–H and O–H groups in total. The number of rotatable bonds is 3. The van der Waals surface area contributed by atoms with Crippen LogP contribution in [0.25, 0.3) is 5.82 Å². The van der Waals surface area contributed by atoms with Gasteiger partial charge >= 0.3 is 6.18 Å². The van der Waals surface area contributed by atoms with Crippen LogP contribution in [0.2, 0.25) is 0 Å². The van der Waals surface area contributed by atoms with Crippen LogP contribution in [0, 0.1) is 0 Å². The molecule has 0 amide bonds. The Kier molecular flexibility index (Phi) is 3.22. The Morgan fingerprint density at radius 1 is 1.33 bits per heavy atom. The summed E-state index contributed by atoms with van der Waals surface area (Å²) in [6.45, 7) is 1.93. The van der Waals surface area contributed by atoms with Crippen molar-refractivity contribution in [3.63, 3.8) is 0 Å². The van der Waals surface area contributed by atoms with Crippen LogP contribution in [0.4, 0.5) is 13.2 Å². The van der Waals surface area contributed by atoms with E-state index in [4.69, 9.17) is 4.74 Å². The van der Waals surface area contributed by atoms with Crippen LogP contribution in [0.5, 0.6) is 5.88 Å². The van der Waals surface area contributed by atoms with Crippen molar-refractivity contribution in [2.45, 2.75) is 13.1 Å². The van der Waals surface area contributed by atoms with Crippen LogP contribution in [-0.4, -0.2) is 21.4 Å². The number of hydrogen-bond donors (Lipinski definition) is 0. The Morgan fingerprint density at radius 2 is 2.11 bits per heavy atom. The van der Waals surface area contributed by atoms with Crippen molar-refractivity contribution in [3.05, 3.63) is 36.2 Å². The van der Waals surface area contributed by atoms with E-state index >= 15 is 0 Å². The number of hydrogen-bond acceptors (Lipinski definition) is 3. The number of halogens is 3. The van der Waals surface area contributed by atoms with E-state index in [1.54, 1.807) is 25.1 Å². The summed E-state index contributed by atoms with van der Waals surface area (Å²) in [5.41, 5.74) is -1.00.